The van der Waals surface area contributed by atoms with Gasteiger partial charge in [0.25, 0.3) is 0 Å². The van der Waals surface area contributed by atoms with Gasteiger partial charge in [0.15, 0.2) is 0 Å². The molecule has 0 spiro atoms. The summed E-state index contributed by atoms with van der Waals surface area (Å²) < 4.78 is 0. The van der Waals surface area contributed by atoms with Crippen LogP contribution < -0.4 is 5.32 Å². The van der Waals surface area contributed by atoms with E-state index in [1.54, 1.807) is 0 Å². The molecule has 3 nitrogen and oxygen atoms in total. The molecule has 3 atom stereocenters. The van der Waals surface area contributed by atoms with Crippen molar-refractivity contribution in [1.29, 1.82) is 0 Å². The van der Waals surface area contributed by atoms with Gasteiger partial charge in [-0.2, -0.15) is 0 Å². The summed E-state index contributed by atoms with van der Waals surface area (Å²) in [7, 11) is 6.60. The summed E-state index contributed by atoms with van der Waals surface area (Å²) in [5, 5.41) is 3.93. The standard InChI is InChI=1S/C16H33N3/c1-18(2)11-6-12-19(3)13-15-10-9-14-7-4-5-8-16(14)17-15/h14-17H,4-13H2,1-3H3. The van der Waals surface area contributed by atoms with Crippen molar-refractivity contribution in [2.24, 2.45) is 5.92 Å². The number of fused-ring (bicyclic) bond motifs is 1. The van der Waals surface area contributed by atoms with E-state index in [9.17, 15) is 0 Å². The smallest absolute Gasteiger partial charge is 0.0197 e. The summed E-state index contributed by atoms with van der Waals surface area (Å²) in [5.74, 6) is 0.990. The lowest BCUT2D eigenvalue weighted by Crippen LogP contribution is -2.52. The van der Waals surface area contributed by atoms with Crippen molar-refractivity contribution in [2.45, 2.75) is 57.0 Å². The molecule has 1 aliphatic carbocycles. The van der Waals surface area contributed by atoms with Crippen LogP contribution >= 0.6 is 0 Å². The number of piperidine rings is 1. The number of rotatable bonds is 6. The lowest BCUT2D eigenvalue weighted by atomic mass is 9.78. The van der Waals surface area contributed by atoms with Crippen molar-refractivity contribution in [3.8, 4) is 0 Å². The van der Waals surface area contributed by atoms with Crippen LogP contribution in [0.1, 0.15) is 44.9 Å². The number of hydrogen-bond donors (Lipinski definition) is 1. The van der Waals surface area contributed by atoms with Crippen LogP contribution in [0.3, 0.4) is 0 Å². The van der Waals surface area contributed by atoms with E-state index in [0.29, 0.717) is 0 Å². The minimum absolute atomic E-state index is 0.740. The van der Waals surface area contributed by atoms with Gasteiger partial charge >= 0.3 is 0 Å². The highest BCUT2D eigenvalue weighted by molar-refractivity contribution is 4.90. The molecule has 1 saturated carbocycles. The summed E-state index contributed by atoms with van der Waals surface area (Å²) in [4.78, 5) is 4.80. The van der Waals surface area contributed by atoms with Crippen molar-refractivity contribution in [1.82, 2.24) is 15.1 Å². The van der Waals surface area contributed by atoms with E-state index >= 15 is 0 Å². The van der Waals surface area contributed by atoms with Crippen molar-refractivity contribution < 1.29 is 0 Å². The van der Waals surface area contributed by atoms with E-state index in [1.165, 1.54) is 64.6 Å². The van der Waals surface area contributed by atoms with Gasteiger partial charge in [0.1, 0.15) is 0 Å². The molecule has 19 heavy (non-hydrogen) atoms. The Morgan fingerprint density at radius 2 is 1.74 bits per heavy atom. The predicted molar refractivity (Wildman–Crippen MR) is 82.6 cm³/mol. The van der Waals surface area contributed by atoms with Crippen LogP contribution in [0.15, 0.2) is 0 Å². The van der Waals surface area contributed by atoms with Gasteiger partial charge < -0.3 is 15.1 Å². The Balaban J connectivity index is 1.65. The van der Waals surface area contributed by atoms with Gasteiger partial charge in [-0.1, -0.05) is 12.8 Å². The van der Waals surface area contributed by atoms with Crippen molar-refractivity contribution in [3.63, 3.8) is 0 Å². The third-order valence-corrected chi connectivity index (χ3v) is 4.92. The maximum Gasteiger partial charge on any atom is 0.0197 e. The summed E-state index contributed by atoms with van der Waals surface area (Å²) in [6, 6.07) is 1.58. The monoisotopic (exact) mass is 267 g/mol. The molecule has 1 heterocycles. The molecule has 2 rings (SSSR count). The summed E-state index contributed by atoms with van der Waals surface area (Å²) in [5.41, 5.74) is 0. The Labute approximate surface area is 119 Å². The quantitative estimate of drug-likeness (QED) is 0.796. The summed E-state index contributed by atoms with van der Waals surface area (Å²) in [6.45, 7) is 3.66. The van der Waals surface area contributed by atoms with Gasteiger partial charge in [-0.3, -0.25) is 0 Å². The fourth-order valence-electron chi connectivity index (χ4n) is 3.84. The second kappa shape index (κ2) is 7.61. The van der Waals surface area contributed by atoms with Crippen molar-refractivity contribution >= 4 is 0 Å². The average molecular weight is 267 g/mol. The Morgan fingerprint density at radius 3 is 2.53 bits per heavy atom. The van der Waals surface area contributed by atoms with Crippen LogP contribution in [0, 0.1) is 5.92 Å². The van der Waals surface area contributed by atoms with E-state index in [2.05, 4.69) is 36.3 Å². The van der Waals surface area contributed by atoms with Gasteiger partial charge in [-0.25, -0.2) is 0 Å². The molecule has 2 fully saturated rings. The Bertz CT molecular complexity index is 254. The molecule has 0 aromatic rings. The third-order valence-electron chi connectivity index (χ3n) is 4.92. The molecule has 0 amide bonds. The largest absolute Gasteiger partial charge is 0.310 e. The van der Waals surface area contributed by atoms with Gasteiger partial charge in [0.05, 0.1) is 0 Å². The number of likely N-dealkylation sites (N-methyl/N-ethyl adjacent to an activating group) is 1. The van der Waals surface area contributed by atoms with Gasteiger partial charge in [0.2, 0.25) is 0 Å². The molecule has 3 heteroatoms. The summed E-state index contributed by atoms with van der Waals surface area (Å²) in [6.07, 6.45) is 9.95. The molecule has 1 saturated heterocycles. The fraction of sp³-hybridized carbons (Fsp3) is 1.00. The highest BCUT2D eigenvalue weighted by atomic mass is 15.1. The van der Waals surface area contributed by atoms with Gasteiger partial charge in [0, 0.05) is 18.6 Å². The van der Waals surface area contributed by atoms with Crippen LogP contribution in [-0.2, 0) is 0 Å². The van der Waals surface area contributed by atoms with Crippen molar-refractivity contribution in [3.05, 3.63) is 0 Å². The van der Waals surface area contributed by atoms with E-state index in [4.69, 9.17) is 0 Å². The highest BCUT2D eigenvalue weighted by Crippen LogP contribution is 2.32. The number of hydrogen-bond acceptors (Lipinski definition) is 3. The normalized spacial score (nSPS) is 31.7. The maximum absolute atomic E-state index is 3.93. The predicted octanol–water partition coefficient (Wildman–Crippen LogP) is 2.18. The number of nitrogens with zero attached hydrogens (tertiary/aromatic N) is 2. The minimum Gasteiger partial charge on any atom is -0.310 e. The second-order valence-corrected chi connectivity index (χ2v) is 7.01. The molecule has 2 aliphatic rings. The minimum atomic E-state index is 0.740. The SMILES string of the molecule is CN(C)CCCN(C)CC1CCC2CCCCC2N1. The van der Waals surface area contributed by atoms with Gasteiger partial charge in [-0.15, -0.1) is 0 Å². The summed E-state index contributed by atoms with van der Waals surface area (Å²) >= 11 is 0. The third kappa shape index (κ3) is 5.05. The van der Waals surface area contributed by atoms with Crippen LogP contribution in [-0.4, -0.2) is 62.7 Å². The molecular formula is C16H33N3. The molecule has 1 N–H and O–H groups in total. The number of nitrogens with one attached hydrogen (secondary N) is 1. The first-order chi connectivity index (χ1) is 9.15. The molecule has 1 aliphatic heterocycles. The van der Waals surface area contributed by atoms with Crippen LogP contribution in [0.25, 0.3) is 0 Å². The Hall–Kier alpha value is -0.120. The van der Waals surface area contributed by atoms with Crippen LogP contribution in [0.5, 0.6) is 0 Å². The first kappa shape index (κ1) is 15.3. The molecular weight excluding hydrogens is 234 g/mol. The molecule has 0 aromatic heterocycles. The first-order valence-electron chi connectivity index (χ1n) is 8.24. The lowest BCUT2D eigenvalue weighted by molar-refractivity contribution is 0.151. The average Bonchev–Trinajstić information content (AvgIpc) is 2.38. The first-order valence-corrected chi connectivity index (χ1v) is 8.24. The van der Waals surface area contributed by atoms with E-state index in [-0.39, 0.29) is 0 Å². The fourth-order valence-corrected chi connectivity index (χ4v) is 3.84. The molecule has 0 bridgehead atoms. The van der Waals surface area contributed by atoms with Gasteiger partial charge in [-0.05, 0) is 72.3 Å². The zero-order chi connectivity index (χ0) is 13.7. The maximum atomic E-state index is 3.93. The Kier molecular flexibility index (Phi) is 6.11. The van der Waals surface area contributed by atoms with Crippen LogP contribution in [0.2, 0.25) is 0 Å². The Morgan fingerprint density at radius 1 is 0.947 bits per heavy atom. The van der Waals surface area contributed by atoms with E-state index in [0.717, 1.165) is 18.0 Å². The molecule has 112 valence electrons. The molecule has 0 aromatic carbocycles. The molecule has 3 unspecified atom stereocenters. The highest BCUT2D eigenvalue weighted by Gasteiger charge is 2.31. The topological polar surface area (TPSA) is 18.5 Å². The van der Waals surface area contributed by atoms with Crippen molar-refractivity contribution in [2.75, 3.05) is 40.8 Å². The van der Waals surface area contributed by atoms with E-state index in [1.807, 2.05) is 0 Å². The lowest BCUT2D eigenvalue weighted by Gasteiger charge is -2.41. The van der Waals surface area contributed by atoms with Crippen LogP contribution in [0.4, 0.5) is 0 Å². The second-order valence-electron chi connectivity index (χ2n) is 7.01. The molecule has 0 radical (unpaired) electrons. The zero-order valence-corrected chi connectivity index (χ0v) is 13.2. The van der Waals surface area contributed by atoms with E-state index < -0.39 is 0 Å². The zero-order valence-electron chi connectivity index (χ0n) is 13.2.